The average Bonchev–Trinajstić information content (AvgIpc) is 3.19. The molecule has 128 valence electrons. The molecule has 3 rings (SSSR count). The Morgan fingerprint density at radius 2 is 1.77 bits per heavy atom. The van der Waals surface area contributed by atoms with Crippen LogP contribution in [0.1, 0.15) is 51.9 Å². The summed E-state index contributed by atoms with van der Waals surface area (Å²) in [6, 6.07) is -0.508. The zero-order valence-corrected chi connectivity index (χ0v) is 14.0. The van der Waals surface area contributed by atoms with Gasteiger partial charge in [0.15, 0.2) is 0 Å². The number of piperidine rings is 1. The minimum absolute atomic E-state index is 0.0392. The standard InChI is InChI=1S/C17H31F2N3/c1-16(8-9-16)12-21(2)13-5-10-22(11-6-13)14-4-3-7-17(18,19)15(14)20/h13-15H,3-12,20H2,1-2H3/t14-,15+/m0/s1. The van der Waals surface area contributed by atoms with Gasteiger partial charge in [0.25, 0.3) is 5.92 Å². The normalized spacial score (nSPS) is 35.7. The minimum atomic E-state index is -2.68. The molecule has 1 aliphatic heterocycles. The molecule has 0 spiro atoms. The van der Waals surface area contributed by atoms with Gasteiger partial charge in [0, 0.05) is 25.0 Å². The summed E-state index contributed by atoms with van der Waals surface area (Å²) < 4.78 is 27.7. The van der Waals surface area contributed by atoms with Gasteiger partial charge in [-0.05, 0) is 64.1 Å². The number of nitrogens with zero attached hydrogens (tertiary/aromatic N) is 2. The highest BCUT2D eigenvalue weighted by Crippen LogP contribution is 2.46. The molecule has 0 unspecified atom stereocenters. The quantitative estimate of drug-likeness (QED) is 0.866. The molecule has 0 radical (unpaired) electrons. The summed E-state index contributed by atoms with van der Waals surface area (Å²) >= 11 is 0. The van der Waals surface area contributed by atoms with Gasteiger partial charge in [-0.15, -0.1) is 0 Å². The van der Waals surface area contributed by atoms with Crippen LogP contribution in [0.5, 0.6) is 0 Å². The van der Waals surface area contributed by atoms with Crippen LogP contribution in [0.4, 0.5) is 8.78 Å². The molecule has 3 fully saturated rings. The third-order valence-electron chi connectivity index (χ3n) is 6.24. The van der Waals surface area contributed by atoms with E-state index in [1.807, 2.05) is 0 Å². The van der Waals surface area contributed by atoms with Crippen LogP contribution in [0.2, 0.25) is 0 Å². The number of likely N-dealkylation sites (tertiary alicyclic amines) is 1. The molecule has 1 saturated heterocycles. The van der Waals surface area contributed by atoms with Gasteiger partial charge in [-0.1, -0.05) is 6.92 Å². The second-order valence-corrected chi connectivity index (χ2v) is 8.24. The topological polar surface area (TPSA) is 32.5 Å². The summed E-state index contributed by atoms with van der Waals surface area (Å²) in [5, 5.41) is 0. The summed E-state index contributed by atoms with van der Waals surface area (Å²) in [6.45, 7) is 5.38. The molecule has 2 saturated carbocycles. The Morgan fingerprint density at radius 3 is 2.36 bits per heavy atom. The zero-order valence-electron chi connectivity index (χ0n) is 14.0. The van der Waals surface area contributed by atoms with E-state index < -0.39 is 12.0 Å². The highest BCUT2D eigenvalue weighted by atomic mass is 19.3. The number of hydrogen-bond donors (Lipinski definition) is 1. The summed E-state index contributed by atoms with van der Waals surface area (Å²) in [4.78, 5) is 4.74. The highest BCUT2D eigenvalue weighted by Gasteiger charge is 2.47. The predicted octanol–water partition coefficient (Wildman–Crippen LogP) is 2.70. The first-order valence-electron chi connectivity index (χ1n) is 8.88. The third-order valence-corrected chi connectivity index (χ3v) is 6.24. The SMILES string of the molecule is CN(CC1(C)CC1)C1CCN([C@H]2CCCC(F)(F)[C@@H]2N)CC1. The fourth-order valence-corrected chi connectivity index (χ4v) is 4.35. The molecule has 3 nitrogen and oxygen atoms in total. The first-order valence-corrected chi connectivity index (χ1v) is 8.88. The van der Waals surface area contributed by atoms with E-state index in [1.54, 1.807) is 0 Å². The lowest BCUT2D eigenvalue weighted by Crippen LogP contribution is -2.60. The lowest BCUT2D eigenvalue weighted by molar-refractivity contribution is -0.0869. The number of halogens is 2. The van der Waals surface area contributed by atoms with Crippen molar-refractivity contribution in [3.63, 3.8) is 0 Å². The smallest absolute Gasteiger partial charge is 0.264 e. The maximum Gasteiger partial charge on any atom is 0.264 e. The first-order chi connectivity index (χ1) is 10.3. The first kappa shape index (κ1) is 16.6. The van der Waals surface area contributed by atoms with E-state index >= 15 is 0 Å². The third kappa shape index (κ3) is 3.46. The average molecular weight is 315 g/mol. The maximum absolute atomic E-state index is 13.8. The van der Waals surface area contributed by atoms with Crippen LogP contribution in [0, 0.1) is 5.41 Å². The lowest BCUT2D eigenvalue weighted by atomic mass is 9.85. The molecular formula is C17H31F2N3. The molecular weight excluding hydrogens is 284 g/mol. The largest absolute Gasteiger partial charge is 0.321 e. The predicted molar refractivity (Wildman–Crippen MR) is 85.1 cm³/mol. The van der Waals surface area contributed by atoms with Crippen LogP contribution < -0.4 is 5.73 Å². The van der Waals surface area contributed by atoms with Gasteiger partial charge in [-0.2, -0.15) is 0 Å². The Labute approximate surface area is 133 Å². The van der Waals surface area contributed by atoms with Gasteiger partial charge in [0.05, 0.1) is 6.04 Å². The molecule has 0 aromatic rings. The van der Waals surface area contributed by atoms with Crippen LogP contribution >= 0.6 is 0 Å². The number of nitrogens with two attached hydrogens (primary N) is 1. The van der Waals surface area contributed by atoms with Gasteiger partial charge < -0.3 is 10.6 Å². The van der Waals surface area contributed by atoms with Crippen molar-refractivity contribution in [1.29, 1.82) is 0 Å². The van der Waals surface area contributed by atoms with Crippen LogP contribution in [-0.2, 0) is 0 Å². The Hall–Kier alpha value is -0.260. The Morgan fingerprint density at radius 1 is 1.14 bits per heavy atom. The fraction of sp³-hybridized carbons (Fsp3) is 1.00. The van der Waals surface area contributed by atoms with Crippen LogP contribution in [0.3, 0.4) is 0 Å². The van der Waals surface area contributed by atoms with E-state index in [0.29, 0.717) is 17.9 Å². The van der Waals surface area contributed by atoms with Gasteiger partial charge in [-0.25, -0.2) is 8.78 Å². The van der Waals surface area contributed by atoms with Crippen molar-refractivity contribution >= 4 is 0 Å². The summed E-state index contributed by atoms with van der Waals surface area (Å²) in [6.07, 6.45) is 6.26. The molecule has 0 amide bonds. The molecule has 0 aromatic carbocycles. The van der Waals surface area contributed by atoms with Gasteiger partial charge in [-0.3, -0.25) is 4.90 Å². The second kappa shape index (κ2) is 5.99. The molecule has 2 atom stereocenters. The van der Waals surface area contributed by atoms with E-state index in [9.17, 15) is 8.78 Å². The summed E-state index contributed by atoms with van der Waals surface area (Å²) in [5.41, 5.74) is 6.41. The van der Waals surface area contributed by atoms with E-state index in [-0.39, 0.29) is 12.5 Å². The number of alkyl halides is 2. The van der Waals surface area contributed by atoms with Crippen molar-refractivity contribution in [2.45, 2.75) is 75.9 Å². The molecule has 1 heterocycles. The maximum atomic E-state index is 13.8. The van der Waals surface area contributed by atoms with Gasteiger partial charge in [0.2, 0.25) is 0 Å². The van der Waals surface area contributed by atoms with E-state index in [0.717, 1.165) is 32.4 Å². The van der Waals surface area contributed by atoms with Crippen molar-refractivity contribution in [1.82, 2.24) is 9.80 Å². The van der Waals surface area contributed by atoms with Crippen LogP contribution in [-0.4, -0.2) is 60.5 Å². The molecule has 2 aliphatic carbocycles. The van der Waals surface area contributed by atoms with Gasteiger partial charge in [0.1, 0.15) is 0 Å². The molecule has 2 N–H and O–H groups in total. The number of rotatable bonds is 4. The highest BCUT2D eigenvalue weighted by molar-refractivity contribution is 4.98. The molecule has 0 aromatic heterocycles. The molecule has 3 aliphatic rings. The van der Waals surface area contributed by atoms with Crippen LogP contribution in [0.25, 0.3) is 0 Å². The lowest BCUT2D eigenvalue weighted by Gasteiger charge is -2.46. The van der Waals surface area contributed by atoms with Crippen molar-refractivity contribution < 1.29 is 8.78 Å². The molecule has 22 heavy (non-hydrogen) atoms. The van der Waals surface area contributed by atoms with Crippen molar-refractivity contribution in [2.24, 2.45) is 11.1 Å². The summed E-state index contributed by atoms with van der Waals surface area (Å²) in [7, 11) is 2.23. The monoisotopic (exact) mass is 315 g/mol. The fourth-order valence-electron chi connectivity index (χ4n) is 4.35. The Kier molecular flexibility index (Phi) is 4.52. The van der Waals surface area contributed by atoms with Crippen molar-refractivity contribution in [3.05, 3.63) is 0 Å². The van der Waals surface area contributed by atoms with Crippen molar-refractivity contribution in [2.75, 3.05) is 26.7 Å². The van der Waals surface area contributed by atoms with E-state index in [1.165, 1.54) is 19.4 Å². The van der Waals surface area contributed by atoms with Crippen molar-refractivity contribution in [3.8, 4) is 0 Å². The summed E-state index contributed by atoms with van der Waals surface area (Å²) in [5.74, 6) is -2.68. The minimum Gasteiger partial charge on any atom is -0.321 e. The Bertz CT molecular complexity index is 389. The van der Waals surface area contributed by atoms with Gasteiger partial charge >= 0.3 is 0 Å². The van der Waals surface area contributed by atoms with E-state index in [4.69, 9.17) is 5.73 Å². The Balaban J connectivity index is 1.51. The molecule has 5 heteroatoms. The van der Waals surface area contributed by atoms with Crippen LogP contribution in [0.15, 0.2) is 0 Å². The zero-order chi connectivity index (χ0) is 16.0. The number of hydrogen-bond acceptors (Lipinski definition) is 3. The molecule has 0 bridgehead atoms. The van der Waals surface area contributed by atoms with E-state index in [2.05, 4.69) is 23.8 Å². The second-order valence-electron chi connectivity index (χ2n) is 8.24.